The lowest BCUT2D eigenvalue weighted by Gasteiger charge is -2.18. The van der Waals surface area contributed by atoms with E-state index in [0.29, 0.717) is 12.8 Å². The minimum atomic E-state index is -0.695. The van der Waals surface area contributed by atoms with Crippen LogP contribution in [0.3, 0.4) is 0 Å². The molecule has 1 heterocycles. The highest BCUT2D eigenvalue weighted by molar-refractivity contribution is 5.91. The molecule has 4 nitrogen and oxygen atoms in total. The summed E-state index contributed by atoms with van der Waals surface area (Å²) < 4.78 is 5.41. The molecule has 1 aliphatic rings. The van der Waals surface area contributed by atoms with Crippen molar-refractivity contribution in [1.82, 2.24) is 4.98 Å². The van der Waals surface area contributed by atoms with Gasteiger partial charge in [-0.2, -0.15) is 0 Å². The first-order chi connectivity index (χ1) is 9.10. The number of rotatable bonds is 2. The van der Waals surface area contributed by atoms with Crippen molar-refractivity contribution >= 4 is 16.9 Å². The highest BCUT2D eigenvalue weighted by atomic mass is 16.5. The van der Waals surface area contributed by atoms with Crippen molar-refractivity contribution in [3.8, 4) is 5.75 Å². The van der Waals surface area contributed by atoms with Crippen molar-refractivity contribution in [2.75, 3.05) is 7.11 Å². The number of ether oxygens (including phenoxy) is 1. The zero-order chi connectivity index (χ0) is 13.6. The number of aromatic amines is 1. The zero-order valence-electron chi connectivity index (χ0n) is 11.1. The first kappa shape index (κ1) is 12.1. The minimum absolute atomic E-state index is 0.266. The minimum Gasteiger partial charge on any atom is -0.495 e. The summed E-state index contributed by atoms with van der Waals surface area (Å²) in [6.07, 6.45) is 2.11. The van der Waals surface area contributed by atoms with Gasteiger partial charge in [-0.05, 0) is 49.4 Å². The van der Waals surface area contributed by atoms with Crippen LogP contribution in [0.4, 0.5) is 0 Å². The second-order valence-corrected chi connectivity index (χ2v) is 5.25. The zero-order valence-corrected chi connectivity index (χ0v) is 11.1. The van der Waals surface area contributed by atoms with E-state index in [1.165, 1.54) is 0 Å². The predicted molar refractivity (Wildman–Crippen MR) is 72.7 cm³/mol. The molecule has 0 radical (unpaired) electrons. The summed E-state index contributed by atoms with van der Waals surface area (Å²) in [6, 6.07) is 4.11. The number of nitrogens with one attached hydrogen (secondary N) is 1. The van der Waals surface area contributed by atoms with E-state index in [4.69, 9.17) is 4.74 Å². The average molecular weight is 259 g/mol. The van der Waals surface area contributed by atoms with Crippen LogP contribution in [0.5, 0.6) is 5.75 Å². The number of aromatic nitrogens is 1. The Balaban J connectivity index is 2.18. The molecule has 0 fully saturated rings. The standard InChI is InChI=1S/C15H17NO3/c1-8-5-11-10-7-9(15(17)18)3-4-12(10)16-14(11)13(6-8)19-2/h5-6,9,16H,3-4,7H2,1-2H3,(H,17,18). The van der Waals surface area contributed by atoms with Gasteiger partial charge in [0.1, 0.15) is 5.75 Å². The van der Waals surface area contributed by atoms with Crippen LogP contribution in [0, 0.1) is 12.8 Å². The summed E-state index contributed by atoms with van der Waals surface area (Å²) in [7, 11) is 1.66. The Kier molecular flexibility index (Phi) is 2.73. The molecule has 0 aliphatic heterocycles. The molecular formula is C15H17NO3. The quantitative estimate of drug-likeness (QED) is 0.871. The van der Waals surface area contributed by atoms with Gasteiger partial charge in [-0.15, -0.1) is 0 Å². The molecular weight excluding hydrogens is 242 g/mol. The third kappa shape index (κ3) is 1.87. The van der Waals surface area contributed by atoms with Crippen molar-refractivity contribution in [2.45, 2.75) is 26.2 Å². The number of methoxy groups -OCH3 is 1. The van der Waals surface area contributed by atoms with E-state index in [-0.39, 0.29) is 5.92 Å². The fourth-order valence-corrected chi connectivity index (χ4v) is 2.99. The van der Waals surface area contributed by atoms with Crippen LogP contribution in [0.1, 0.15) is 23.2 Å². The maximum absolute atomic E-state index is 11.2. The van der Waals surface area contributed by atoms with Crippen LogP contribution < -0.4 is 4.74 Å². The van der Waals surface area contributed by atoms with Crippen molar-refractivity contribution in [3.05, 3.63) is 29.0 Å². The Morgan fingerprint density at radius 2 is 2.26 bits per heavy atom. The third-order valence-electron chi connectivity index (χ3n) is 3.97. The number of H-pyrrole nitrogens is 1. The van der Waals surface area contributed by atoms with Gasteiger partial charge in [0.25, 0.3) is 0 Å². The number of carboxylic acid groups (broad SMARTS) is 1. The van der Waals surface area contributed by atoms with E-state index in [9.17, 15) is 9.90 Å². The molecule has 3 rings (SSSR count). The van der Waals surface area contributed by atoms with E-state index < -0.39 is 5.97 Å². The second kappa shape index (κ2) is 4.30. The number of benzene rings is 1. The monoisotopic (exact) mass is 259 g/mol. The van der Waals surface area contributed by atoms with E-state index >= 15 is 0 Å². The molecule has 0 saturated carbocycles. The van der Waals surface area contributed by atoms with Gasteiger partial charge in [0.2, 0.25) is 0 Å². The van der Waals surface area contributed by atoms with Crippen LogP contribution in [0.25, 0.3) is 10.9 Å². The molecule has 1 aliphatic carbocycles. The predicted octanol–water partition coefficient (Wildman–Crippen LogP) is 2.67. The number of fused-ring (bicyclic) bond motifs is 3. The van der Waals surface area contributed by atoms with E-state index in [0.717, 1.165) is 39.9 Å². The summed E-state index contributed by atoms with van der Waals surface area (Å²) >= 11 is 0. The first-order valence-electron chi connectivity index (χ1n) is 6.51. The SMILES string of the molecule is COc1cc(C)cc2c3c([nH]c12)CCC(C(=O)O)C3. The normalized spacial score (nSPS) is 18.3. The van der Waals surface area contributed by atoms with E-state index in [1.54, 1.807) is 7.11 Å². The molecule has 0 bridgehead atoms. The molecule has 1 unspecified atom stereocenters. The number of hydrogen-bond donors (Lipinski definition) is 2. The van der Waals surface area contributed by atoms with Crippen LogP contribution in [0.2, 0.25) is 0 Å². The summed E-state index contributed by atoms with van der Waals surface area (Å²) in [5.74, 6) is -0.131. The van der Waals surface area contributed by atoms with Crippen molar-refractivity contribution in [2.24, 2.45) is 5.92 Å². The maximum atomic E-state index is 11.2. The molecule has 2 N–H and O–H groups in total. The average Bonchev–Trinajstić information content (AvgIpc) is 2.75. The molecule has 2 aromatic rings. The number of aryl methyl sites for hydroxylation is 2. The molecule has 1 atom stereocenters. The van der Waals surface area contributed by atoms with Gasteiger partial charge in [-0.3, -0.25) is 4.79 Å². The Hall–Kier alpha value is -1.97. The summed E-state index contributed by atoms with van der Waals surface area (Å²) in [6.45, 7) is 2.03. The molecule has 4 heteroatoms. The van der Waals surface area contributed by atoms with Gasteiger partial charge in [0, 0.05) is 11.1 Å². The van der Waals surface area contributed by atoms with E-state index in [1.807, 2.05) is 13.0 Å². The Morgan fingerprint density at radius 1 is 1.47 bits per heavy atom. The van der Waals surface area contributed by atoms with Gasteiger partial charge in [0.05, 0.1) is 18.5 Å². The lowest BCUT2D eigenvalue weighted by atomic mass is 9.86. The maximum Gasteiger partial charge on any atom is 0.306 e. The molecule has 0 spiro atoms. The van der Waals surface area contributed by atoms with Crippen LogP contribution in [-0.4, -0.2) is 23.2 Å². The summed E-state index contributed by atoms with van der Waals surface area (Å²) in [4.78, 5) is 14.6. The summed E-state index contributed by atoms with van der Waals surface area (Å²) in [5, 5.41) is 10.3. The highest BCUT2D eigenvalue weighted by Crippen LogP contribution is 2.36. The van der Waals surface area contributed by atoms with Gasteiger partial charge in [0.15, 0.2) is 0 Å². The number of aliphatic carboxylic acids is 1. The Labute approximate surface area is 111 Å². The molecule has 19 heavy (non-hydrogen) atoms. The lowest BCUT2D eigenvalue weighted by molar-refractivity contribution is -0.142. The van der Waals surface area contributed by atoms with Crippen LogP contribution in [-0.2, 0) is 17.6 Å². The van der Waals surface area contributed by atoms with Gasteiger partial charge < -0.3 is 14.8 Å². The smallest absolute Gasteiger partial charge is 0.306 e. The Morgan fingerprint density at radius 3 is 2.95 bits per heavy atom. The fraction of sp³-hybridized carbons (Fsp3) is 0.400. The number of hydrogen-bond acceptors (Lipinski definition) is 2. The van der Waals surface area contributed by atoms with Crippen molar-refractivity contribution in [1.29, 1.82) is 0 Å². The summed E-state index contributed by atoms with van der Waals surface area (Å²) in [5.41, 5.74) is 4.43. The van der Waals surface area contributed by atoms with E-state index in [2.05, 4.69) is 11.1 Å². The van der Waals surface area contributed by atoms with Crippen molar-refractivity contribution < 1.29 is 14.6 Å². The second-order valence-electron chi connectivity index (χ2n) is 5.25. The Bertz CT molecular complexity index is 657. The molecule has 1 aromatic carbocycles. The first-order valence-corrected chi connectivity index (χ1v) is 6.51. The van der Waals surface area contributed by atoms with Gasteiger partial charge in [-0.1, -0.05) is 0 Å². The molecule has 100 valence electrons. The molecule has 0 amide bonds. The molecule has 0 saturated heterocycles. The fourth-order valence-electron chi connectivity index (χ4n) is 2.99. The van der Waals surface area contributed by atoms with Crippen LogP contribution in [0.15, 0.2) is 12.1 Å². The van der Waals surface area contributed by atoms with Crippen LogP contribution >= 0.6 is 0 Å². The van der Waals surface area contributed by atoms with Crippen molar-refractivity contribution in [3.63, 3.8) is 0 Å². The van der Waals surface area contributed by atoms with Gasteiger partial charge >= 0.3 is 5.97 Å². The number of carboxylic acids is 1. The largest absolute Gasteiger partial charge is 0.495 e. The highest BCUT2D eigenvalue weighted by Gasteiger charge is 2.27. The third-order valence-corrected chi connectivity index (χ3v) is 3.97. The van der Waals surface area contributed by atoms with Gasteiger partial charge in [-0.25, -0.2) is 0 Å². The number of carbonyl (C=O) groups is 1. The topological polar surface area (TPSA) is 62.3 Å². The lowest BCUT2D eigenvalue weighted by Crippen LogP contribution is -2.21. The molecule has 1 aromatic heterocycles.